The number of fused-ring (bicyclic) bond motifs is 1. The van der Waals surface area contributed by atoms with Gasteiger partial charge < -0.3 is 29.2 Å². The lowest BCUT2D eigenvalue weighted by Gasteiger charge is -2.42. The smallest absolute Gasteiger partial charge is 0.338 e. The molecule has 1 saturated carbocycles. The maximum atomic E-state index is 12.6. The van der Waals surface area contributed by atoms with Crippen molar-refractivity contribution in [1.82, 2.24) is 0 Å². The second-order valence-corrected chi connectivity index (χ2v) is 8.02. The van der Waals surface area contributed by atoms with Gasteiger partial charge in [0.25, 0.3) is 0 Å². The molecule has 4 rings (SSSR count). The Kier molecular flexibility index (Phi) is 5.81. The topological polar surface area (TPSA) is 112 Å². The number of benzene rings is 2. The van der Waals surface area contributed by atoms with Gasteiger partial charge in [0.1, 0.15) is 24.4 Å². The summed E-state index contributed by atoms with van der Waals surface area (Å²) in [5.74, 6) is -2.46. The highest BCUT2D eigenvalue weighted by molar-refractivity contribution is 5.90. The van der Waals surface area contributed by atoms with Crippen LogP contribution in [0.3, 0.4) is 0 Å². The largest absolute Gasteiger partial charge is 0.453 e. The van der Waals surface area contributed by atoms with E-state index >= 15 is 0 Å². The Labute approximate surface area is 179 Å². The van der Waals surface area contributed by atoms with Crippen LogP contribution in [0.15, 0.2) is 60.7 Å². The van der Waals surface area contributed by atoms with Gasteiger partial charge in [-0.1, -0.05) is 36.4 Å². The first-order valence-corrected chi connectivity index (χ1v) is 10.0. The lowest BCUT2D eigenvalue weighted by Crippen LogP contribution is -2.64. The summed E-state index contributed by atoms with van der Waals surface area (Å²) in [6.07, 6.45) is -7.45. The zero-order valence-corrected chi connectivity index (χ0v) is 17.1. The normalized spacial score (nSPS) is 31.5. The lowest BCUT2D eigenvalue weighted by molar-refractivity contribution is -0.193. The summed E-state index contributed by atoms with van der Waals surface area (Å²) in [7, 11) is 0. The summed E-state index contributed by atoms with van der Waals surface area (Å²) >= 11 is 0. The number of carbonyl (C=O) groups is 2. The van der Waals surface area contributed by atoms with E-state index in [9.17, 15) is 19.8 Å². The van der Waals surface area contributed by atoms with E-state index in [1.807, 2.05) is 0 Å². The quantitative estimate of drug-likeness (QED) is 0.708. The number of aliphatic hydroxyl groups excluding tert-OH is 2. The van der Waals surface area contributed by atoms with Crippen LogP contribution in [0.5, 0.6) is 0 Å². The number of aliphatic hydroxyl groups is 2. The minimum atomic E-state index is -1.56. The van der Waals surface area contributed by atoms with Crippen molar-refractivity contribution in [1.29, 1.82) is 0 Å². The first-order chi connectivity index (χ1) is 14.8. The summed E-state index contributed by atoms with van der Waals surface area (Å²) in [5.41, 5.74) is 0.577. The van der Waals surface area contributed by atoms with E-state index in [2.05, 4.69) is 0 Å². The third-order valence-electron chi connectivity index (χ3n) is 5.34. The Bertz CT molecular complexity index is 854. The highest BCUT2D eigenvalue weighted by Crippen LogP contribution is 2.40. The molecule has 2 aliphatic rings. The second-order valence-electron chi connectivity index (χ2n) is 8.02. The summed E-state index contributed by atoms with van der Waals surface area (Å²) in [5, 5.41) is 21.5. The molecule has 8 heteroatoms. The highest BCUT2D eigenvalue weighted by Gasteiger charge is 2.60. The van der Waals surface area contributed by atoms with Crippen LogP contribution in [0.1, 0.15) is 34.6 Å². The van der Waals surface area contributed by atoms with Crippen LogP contribution >= 0.6 is 0 Å². The van der Waals surface area contributed by atoms with Gasteiger partial charge in [-0.2, -0.15) is 0 Å². The predicted molar refractivity (Wildman–Crippen MR) is 107 cm³/mol. The molecule has 164 valence electrons. The Morgan fingerprint density at radius 2 is 1.10 bits per heavy atom. The average Bonchev–Trinajstić information content (AvgIpc) is 3.10. The van der Waals surface area contributed by atoms with Crippen molar-refractivity contribution in [2.45, 2.75) is 56.3 Å². The molecule has 2 aromatic rings. The van der Waals surface area contributed by atoms with Gasteiger partial charge >= 0.3 is 11.9 Å². The van der Waals surface area contributed by atoms with E-state index < -0.39 is 54.3 Å². The van der Waals surface area contributed by atoms with Crippen LogP contribution in [0, 0.1) is 0 Å². The monoisotopic (exact) mass is 428 g/mol. The molecule has 8 nitrogen and oxygen atoms in total. The van der Waals surface area contributed by atoms with Crippen molar-refractivity contribution in [2.24, 2.45) is 0 Å². The van der Waals surface area contributed by atoms with Gasteiger partial charge in [-0.3, -0.25) is 0 Å². The molecular weight excluding hydrogens is 404 g/mol. The molecule has 2 N–H and O–H groups in total. The van der Waals surface area contributed by atoms with E-state index in [0.29, 0.717) is 0 Å². The minimum absolute atomic E-state index is 0.288. The molecule has 1 aliphatic heterocycles. The molecule has 2 fully saturated rings. The van der Waals surface area contributed by atoms with Crippen LogP contribution in [0.25, 0.3) is 0 Å². The first kappa shape index (κ1) is 21.5. The van der Waals surface area contributed by atoms with E-state index in [1.54, 1.807) is 74.5 Å². The van der Waals surface area contributed by atoms with Gasteiger partial charge in [-0.15, -0.1) is 0 Å². The maximum Gasteiger partial charge on any atom is 0.338 e. The van der Waals surface area contributed by atoms with Crippen molar-refractivity contribution in [3.8, 4) is 0 Å². The Morgan fingerprint density at radius 1 is 0.742 bits per heavy atom. The van der Waals surface area contributed by atoms with E-state index in [1.165, 1.54) is 0 Å². The molecule has 1 heterocycles. The molecule has 0 aromatic heterocycles. The van der Waals surface area contributed by atoms with Gasteiger partial charge in [0, 0.05) is 0 Å². The van der Waals surface area contributed by atoms with Crippen molar-refractivity contribution in [3.05, 3.63) is 71.8 Å². The van der Waals surface area contributed by atoms with Crippen LogP contribution < -0.4 is 0 Å². The fourth-order valence-electron chi connectivity index (χ4n) is 3.91. The molecule has 6 atom stereocenters. The van der Waals surface area contributed by atoms with Crippen molar-refractivity contribution in [3.63, 3.8) is 0 Å². The van der Waals surface area contributed by atoms with Gasteiger partial charge in [-0.05, 0) is 38.1 Å². The third-order valence-corrected chi connectivity index (χ3v) is 5.34. The second kappa shape index (κ2) is 8.39. The molecule has 31 heavy (non-hydrogen) atoms. The summed E-state index contributed by atoms with van der Waals surface area (Å²) in [4.78, 5) is 25.1. The number of rotatable bonds is 4. The van der Waals surface area contributed by atoms with E-state index in [-0.39, 0.29) is 11.1 Å². The average molecular weight is 428 g/mol. The highest BCUT2D eigenvalue weighted by atomic mass is 16.8. The Hall–Kier alpha value is -2.78. The predicted octanol–water partition coefficient (Wildman–Crippen LogP) is 1.69. The lowest BCUT2D eigenvalue weighted by atomic mass is 9.84. The zero-order valence-electron chi connectivity index (χ0n) is 17.1. The molecule has 1 saturated heterocycles. The van der Waals surface area contributed by atoms with Crippen LogP contribution in [0.2, 0.25) is 0 Å². The van der Waals surface area contributed by atoms with E-state index in [4.69, 9.17) is 18.9 Å². The van der Waals surface area contributed by atoms with Gasteiger partial charge in [0.2, 0.25) is 0 Å². The molecule has 0 amide bonds. The zero-order chi connectivity index (χ0) is 22.2. The Balaban J connectivity index is 1.57. The van der Waals surface area contributed by atoms with Gasteiger partial charge in [0.05, 0.1) is 11.1 Å². The molecular formula is C23H24O8. The van der Waals surface area contributed by atoms with Crippen LogP contribution in [-0.4, -0.2) is 64.6 Å². The summed E-state index contributed by atoms with van der Waals surface area (Å²) in [6.45, 7) is 3.30. The SMILES string of the molecule is CC1(C)O[C@H]2[C@H](O1)[C@@H](OC(=O)c1ccccc1)[C@H](O)[C@@H](O)[C@H]2OC(=O)c1ccccc1. The number of ether oxygens (including phenoxy) is 4. The third kappa shape index (κ3) is 4.33. The van der Waals surface area contributed by atoms with Gasteiger partial charge in [-0.25, -0.2) is 9.59 Å². The number of carbonyl (C=O) groups excluding carboxylic acids is 2. The van der Waals surface area contributed by atoms with Gasteiger partial charge in [0.15, 0.2) is 18.0 Å². The number of esters is 2. The molecule has 0 unspecified atom stereocenters. The number of hydrogen-bond acceptors (Lipinski definition) is 8. The van der Waals surface area contributed by atoms with E-state index in [0.717, 1.165) is 0 Å². The van der Waals surface area contributed by atoms with Crippen molar-refractivity contribution in [2.75, 3.05) is 0 Å². The maximum absolute atomic E-state index is 12.6. The summed E-state index contributed by atoms with van der Waals surface area (Å²) < 4.78 is 22.8. The summed E-state index contributed by atoms with van der Waals surface area (Å²) in [6, 6.07) is 16.6. The fourth-order valence-corrected chi connectivity index (χ4v) is 3.91. The molecule has 2 aromatic carbocycles. The minimum Gasteiger partial charge on any atom is -0.453 e. The number of hydrogen-bond donors (Lipinski definition) is 2. The first-order valence-electron chi connectivity index (χ1n) is 10.0. The molecule has 0 radical (unpaired) electrons. The molecule has 0 bridgehead atoms. The Morgan fingerprint density at radius 3 is 1.45 bits per heavy atom. The fraction of sp³-hybridized carbons (Fsp3) is 0.391. The molecule has 1 aliphatic carbocycles. The van der Waals surface area contributed by atoms with Crippen molar-refractivity contribution < 1.29 is 38.7 Å². The van der Waals surface area contributed by atoms with Crippen LogP contribution in [0.4, 0.5) is 0 Å². The standard InChI is InChI=1S/C23H24O8/c1-23(2)30-19-17(28-21(26)13-9-5-3-6-10-13)15(24)16(25)18(20(19)31-23)29-22(27)14-11-7-4-8-12-14/h3-12,15-20,24-25H,1-2H3/t15-,16-,17-,18+,19-,20-/m1/s1. The van der Waals surface area contributed by atoms with Crippen LogP contribution in [-0.2, 0) is 18.9 Å². The van der Waals surface area contributed by atoms with Crippen molar-refractivity contribution >= 4 is 11.9 Å². The molecule has 0 spiro atoms.